The number of fused-ring (bicyclic) bond motifs is 1. The number of hydrogen-bond acceptors (Lipinski definition) is 6. The Morgan fingerprint density at radius 1 is 1.09 bits per heavy atom. The van der Waals surface area contributed by atoms with Crippen molar-refractivity contribution in [2.45, 2.75) is 30.6 Å². The smallest absolute Gasteiger partial charge is 0.270 e. The van der Waals surface area contributed by atoms with Crippen LogP contribution in [0, 0.1) is 17.8 Å². The molecule has 0 bridgehead atoms. The second-order valence-corrected chi connectivity index (χ2v) is 10.1. The molecule has 0 saturated heterocycles. The Morgan fingerprint density at radius 2 is 1.91 bits per heavy atom. The number of nitrogens with one attached hydrogen (secondary N) is 1. The number of aromatic amines is 1. The van der Waals surface area contributed by atoms with Gasteiger partial charge in [0.2, 0.25) is 5.56 Å². The summed E-state index contributed by atoms with van der Waals surface area (Å²) in [4.78, 5) is 14.3. The van der Waals surface area contributed by atoms with E-state index in [1.54, 1.807) is 30.3 Å². The Balaban J connectivity index is 1.60. The number of aromatic nitrogens is 2. The Labute approximate surface area is 202 Å². The van der Waals surface area contributed by atoms with Gasteiger partial charge in [-0.05, 0) is 60.7 Å². The van der Waals surface area contributed by atoms with E-state index >= 15 is 0 Å². The summed E-state index contributed by atoms with van der Waals surface area (Å²) in [5.41, 5.74) is 1.28. The fourth-order valence-electron chi connectivity index (χ4n) is 4.26. The standard InChI is InChI=1S/C26H23N3O5S/c1-33-24-16-19(7-6-18-4-2-3-5-18)8-12-23(24)29(25-14-15-34-28-25)35(31,32)21-10-11-22-20(17-21)9-13-26(30)27-22/h8-18H,2-5H2,1H3,(H,27,30). The van der Waals surface area contributed by atoms with Gasteiger partial charge >= 0.3 is 0 Å². The van der Waals surface area contributed by atoms with Crippen LogP contribution >= 0.6 is 0 Å². The largest absolute Gasteiger partial charge is 0.494 e. The molecule has 4 aromatic rings. The van der Waals surface area contributed by atoms with Crippen LogP contribution in [0.1, 0.15) is 31.2 Å². The minimum absolute atomic E-state index is 0.0206. The molecule has 2 heterocycles. The number of pyridine rings is 1. The van der Waals surface area contributed by atoms with Crippen LogP contribution in [0.5, 0.6) is 5.75 Å². The maximum atomic E-state index is 13.9. The summed E-state index contributed by atoms with van der Waals surface area (Å²) in [6, 6.07) is 14.0. The van der Waals surface area contributed by atoms with Crippen LogP contribution in [0.15, 0.2) is 75.1 Å². The molecule has 35 heavy (non-hydrogen) atoms. The molecule has 8 nitrogen and oxygen atoms in total. The van der Waals surface area contributed by atoms with Crippen molar-refractivity contribution >= 4 is 32.4 Å². The van der Waals surface area contributed by atoms with Gasteiger partial charge in [0.15, 0.2) is 5.82 Å². The van der Waals surface area contributed by atoms with Crippen LogP contribution in [-0.2, 0) is 10.0 Å². The number of H-pyrrole nitrogens is 1. The Morgan fingerprint density at radius 3 is 2.66 bits per heavy atom. The lowest BCUT2D eigenvalue weighted by Crippen LogP contribution is -2.27. The van der Waals surface area contributed by atoms with E-state index in [0.717, 1.165) is 22.7 Å². The quantitative estimate of drug-likeness (QED) is 0.411. The second kappa shape index (κ2) is 9.31. The van der Waals surface area contributed by atoms with Crippen molar-refractivity contribution in [1.29, 1.82) is 0 Å². The van der Waals surface area contributed by atoms with Gasteiger partial charge in [0.1, 0.15) is 17.7 Å². The van der Waals surface area contributed by atoms with Crippen LogP contribution in [0.4, 0.5) is 11.5 Å². The molecule has 0 unspecified atom stereocenters. The van der Waals surface area contributed by atoms with Gasteiger partial charge in [0.25, 0.3) is 10.0 Å². The third-order valence-corrected chi connectivity index (χ3v) is 7.75. The van der Waals surface area contributed by atoms with Crippen molar-refractivity contribution in [1.82, 2.24) is 10.1 Å². The second-order valence-electron chi connectivity index (χ2n) is 8.34. The first kappa shape index (κ1) is 22.7. The van der Waals surface area contributed by atoms with Crippen molar-refractivity contribution in [3.05, 3.63) is 76.8 Å². The van der Waals surface area contributed by atoms with E-state index in [2.05, 4.69) is 22.0 Å². The van der Waals surface area contributed by atoms with E-state index in [4.69, 9.17) is 9.26 Å². The Hall–Kier alpha value is -4.03. The molecule has 0 spiro atoms. The zero-order chi connectivity index (χ0) is 24.4. The molecule has 1 saturated carbocycles. The van der Waals surface area contributed by atoms with Gasteiger partial charge in [-0.2, -0.15) is 0 Å². The Kier molecular flexibility index (Phi) is 6.05. The molecular formula is C26H23N3O5S. The van der Waals surface area contributed by atoms with Crippen molar-refractivity contribution in [3.8, 4) is 17.6 Å². The number of hydrogen-bond donors (Lipinski definition) is 1. The van der Waals surface area contributed by atoms with Crippen LogP contribution in [0.25, 0.3) is 10.9 Å². The minimum Gasteiger partial charge on any atom is -0.494 e. The molecule has 0 radical (unpaired) electrons. The van der Waals surface area contributed by atoms with Gasteiger partial charge in [0.05, 0.1) is 12.0 Å². The van der Waals surface area contributed by atoms with E-state index < -0.39 is 10.0 Å². The minimum atomic E-state index is -4.15. The third-order valence-electron chi connectivity index (χ3n) is 6.04. The molecule has 178 valence electrons. The van der Waals surface area contributed by atoms with E-state index in [9.17, 15) is 13.2 Å². The van der Waals surface area contributed by atoms with Crippen molar-refractivity contribution in [3.63, 3.8) is 0 Å². The Bertz CT molecular complexity index is 1590. The van der Waals surface area contributed by atoms with Crippen LogP contribution in [0.2, 0.25) is 0 Å². The molecule has 0 atom stereocenters. The summed E-state index contributed by atoms with van der Waals surface area (Å²) >= 11 is 0. The topological polar surface area (TPSA) is 106 Å². The molecule has 2 aromatic carbocycles. The summed E-state index contributed by atoms with van der Waals surface area (Å²) in [5, 5.41) is 4.46. The van der Waals surface area contributed by atoms with Crippen LogP contribution in [-0.4, -0.2) is 25.7 Å². The summed E-state index contributed by atoms with van der Waals surface area (Å²) in [5.74, 6) is 7.32. The number of ether oxygens (including phenoxy) is 1. The molecular weight excluding hydrogens is 466 g/mol. The van der Waals surface area contributed by atoms with Gasteiger partial charge in [-0.3, -0.25) is 4.79 Å². The van der Waals surface area contributed by atoms with E-state index in [1.165, 1.54) is 50.5 Å². The first-order valence-corrected chi connectivity index (χ1v) is 12.7. The van der Waals surface area contributed by atoms with Gasteiger partial charge in [-0.15, -0.1) is 0 Å². The van der Waals surface area contributed by atoms with Gasteiger partial charge in [-0.25, -0.2) is 12.7 Å². The van der Waals surface area contributed by atoms with E-state index in [-0.39, 0.29) is 22.0 Å². The van der Waals surface area contributed by atoms with Crippen molar-refractivity contribution in [2.75, 3.05) is 11.4 Å². The molecule has 5 rings (SSSR count). The first-order chi connectivity index (χ1) is 17.0. The first-order valence-electron chi connectivity index (χ1n) is 11.2. The number of rotatable bonds is 5. The highest BCUT2D eigenvalue weighted by atomic mass is 32.2. The number of methoxy groups -OCH3 is 1. The lowest BCUT2D eigenvalue weighted by atomic mass is 10.1. The maximum Gasteiger partial charge on any atom is 0.270 e. The summed E-state index contributed by atoms with van der Waals surface area (Å²) < 4.78 is 39.4. The van der Waals surface area contributed by atoms with E-state index in [0.29, 0.717) is 22.6 Å². The molecule has 9 heteroatoms. The average molecular weight is 490 g/mol. The van der Waals surface area contributed by atoms with Crippen molar-refractivity contribution in [2.24, 2.45) is 5.92 Å². The van der Waals surface area contributed by atoms with Gasteiger partial charge < -0.3 is 14.2 Å². The SMILES string of the molecule is COc1cc(C#CC2CCCC2)ccc1N(c1ccon1)S(=O)(=O)c1ccc2[nH]c(=O)ccc2c1. The highest BCUT2D eigenvalue weighted by molar-refractivity contribution is 7.93. The monoisotopic (exact) mass is 489 g/mol. The number of sulfonamides is 1. The predicted molar refractivity (Wildman–Crippen MR) is 132 cm³/mol. The predicted octanol–water partition coefficient (Wildman–Crippen LogP) is 4.59. The number of nitrogens with zero attached hydrogens (tertiary/aromatic N) is 2. The summed E-state index contributed by atoms with van der Waals surface area (Å²) in [6.45, 7) is 0. The number of anilines is 2. The molecule has 2 aromatic heterocycles. The van der Waals surface area contributed by atoms with Crippen LogP contribution in [0.3, 0.4) is 0 Å². The summed E-state index contributed by atoms with van der Waals surface area (Å²) in [7, 11) is -2.67. The van der Waals surface area contributed by atoms with Crippen molar-refractivity contribution < 1.29 is 17.7 Å². The molecule has 1 aliphatic carbocycles. The normalized spacial score (nSPS) is 14.0. The average Bonchev–Trinajstić information content (AvgIpc) is 3.57. The molecule has 1 N–H and O–H groups in total. The fourth-order valence-corrected chi connectivity index (χ4v) is 5.74. The van der Waals surface area contributed by atoms with E-state index in [1.807, 2.05) is 0 Å². The highest BCUT2D eigenvalue weighted by Gasteiger charge is 2.31. The third kappa shape index (κ3) is 4.53. The molecule has 1 aliphatic rings. The number of benzene rings is 2. The van der Waals surface area contributed by atoms with Gasteiger partial charge in [-0.1, -0.05) is 29.8 Å². The lowest BCUT2D eigenvalue weighted by Gasteiger charge is -2.24. The molecule has 0 amide bonds. The fraction of sp³-hybridized carbons (Fsp3) is 0.231. The molecule has 0 aliphatic heterocycles. The lowest BCUT2D eigenvalue weighted by molar-refractivity contribution is 0.414. The summed E-state index contributed by atoms with van der Waals surface area (Å²) in [6.07, 6.45) is 5.94. The zero-order valence-electron chi connectivity index (χ0n) is 19.0. The van der Waals surface area contributed by atoms with Gasteiger partial charge in [0, 0.05) is 29.1 Å². The molecule has 1 fully saturated rings. The highest BCUT2D eigenvalue weighted by Crippen LogP contribution is 2.38. The van der Waals surface area contributed by atoms with Crippen LogP contribution < -0.4 is 14.6 Å². The zero-order valence-corrected chi connectivity index (χ0v) is 19.8. The maximum absolute atomic E-state index is 13.9.